The van der Waals surface area contributed by atoms with Crippen LogP contribution in [0.4, 0.5) is 0 Å². The van der Waals surface area contributed by atoms with Crippen molar-refractivity contribution < 1.29 is 14.3 Å². The molecule has 5 rings (SSSR count). The summed E-state index contributed by atoms with van der Waals surface area (Å²) in [6, 6.07) is 10.9. The summed E-state index contributed by atoms with van der Waals surface area (Å²) >= 11 is 0. The number of aromatic nitrogens is 5. The molecule has 0 radical (unpaired) electrons. The van der Waals surface area contributed by atoms with Gasteiger partial charge in [-0.2, -0.15) is 4.98 Å². The van der Waals surface area contributed by atoms with E-state index in [0.717, 1.165) is 29.0 Å². The molecule has 4 aromatic rings. The molecule has 1 atom stereocenters. The highest BCUT2D eigenvalue weighted by Crippen LogP contribution is 2.29. The number of benzene rings is 1. The van der Waals surface area contributed by atoms with Crippen LogP contribution in [0.2, 0.25) is 0 Å². The summed E-state index contributed by atoms with van der Waals surface area (Å²) in [6.45, 7) is 3.06. The van der Waals surface area contributed by atoms with Gasteiger partial charge in [0.25, 0.3) is 5.91 Å². The maximum absolute atomic E-state index is 13.2. The van der Waals surface area contributed by atoms with Crippen molar-refractivity contribution >= 4 is 5.91 Å². The zero-order valence-electron chi connectivity index (χ0n) is 19.5. The quantitative estimate of drug-likeness (QED) is 0.417. The lowest BCUT2D eigenvalue weighted by atomic mass is 10.1. The van der Waals surface area contributed by atoms with Crippen LogP contribution in [-0.2, 0) is 0 Å². The predicted octanol–water partition coefficient (Wildman–Crippen LogP) is 4.07. The van der Waals surface area contributed by atoms with Gasteiger partial charge in [-0.05, 0) is 43.7 Å². The Bertz CT molecular complexity index is 1330. The molecule has 4 heterocycles. The van der Waals surface area contributed by atoms with Crippen molar-refractivity contribution in [1.29, 1.82) is 0 Å². The molecular weight excluding hydrogens is 444 g/mol. The van der Waals surface area contributed by atoms with Gasteiger partial charge in [-0.3, -0.25) is 9.78 Å². The summed E-state index contributed by atoms with van der Waals surface area (Å²) in [7, 11) is 1.62. The van der Waals surface area contributed by atoms with Crippen LogP contribution in [0.25, 0.3) is 11.1 Å². The molecule has 0 bridgehead atoms. The largest absolute Gasteiger partial charge is 0.497 e. The number of nitrogens with zero attached hydrogens (tertiary/aromatic N) is 6. The average Bonchev–Trinajstić information content (AvgIpc) is 3.39. The monoisotopic (exact) mass is 468 g/mol. The zero-order chi connectivity index (χ0) is 24.2. The number of aryl methyl sites for hydroxylation is 1. The van der Waals surface area contributed by atoms with Gasteiger partial charge in [0.15, 0.2) is 0 Å². The van der Waals surface area contributed by atoms with E-state index < -0.39 is 0 Å². The Morgan fingerprint density at radius 3 is 2.46 bits per heavy atom. The third-order valence-electron chi connectivity index (χ3n) is 5.85. The molecule has 1 saturated heterocycles. The van der Waals surface area contributed by atoms with E-state index >= 15 is 0 Å². The molecule has 9 nitrogen and oxygen atoms in total. The maximum Gasteiger partial charge on any atom is 0.255 e. The third-order valence-corrected chi connectivity index (χ3v) is 5.85. The van der Waals surface area contributed by atoms with Gasteiger partial charge in [0, 0.05) is 66.7 Å². The molecule has 0 saturated carbocycles. The van der Waals surface area contributed by atoms with Crippen LogP contribution in [0.3, 0.4) is 0 Å². The van der Waals surface area contributed by atoms with E-state index in [1.54, 1.807) is 38.0 Å². The second-order valence-corrected chi connectivity index (χ2v) is 8.31. The fourth-order valence-electron chi connectivity index (χ4n) is 4.06. The van der Waals surface area contributed by atoms with E-state index in [2.05, 4.69) is 24.9 Å². The van der Waals surface area contributed by atoms with E-state index in [9.17, 15) is 4.79 Å². The van der Waals surface area contributed by atoms with Crippen LogP contribution in [-0.4, -0.2) is 55.9 Å². The highest BCUT2D eigenvalue weighted by molar-refractivity contribution is 5.95. The number of likely N-dealkylation sites (tertiary alicyclic amines) is 1. The lowest BCUT2D eigenvalue weighted by Crippen LogP contribution is -2.28. The third kappa shape index (κ3) is 5.08. The van der Waals surface area contributed by atoms with Crippen molar-refractivity contribution in [3.63, 3.8) is 0 Å². The number of hydrogen-bond donors (Lipinski definition) is 0. The Balaban J connectivity index is 1.30. The molecule has 1 aromatic carbocycles. The van der Waals surface area contributed by atoms with Gasteiger partial charge >= 0.3 is 0 Å². The normalized spacial score (nSPS) is 15.1. The number of carbonyl (C=O) groups is 1. The number of hydrogen-bond acceptors (Lipinski definition) is 8. The zero-order valence-corrected chi connectivity index (χ0v) is 19.5. The number of amides is 1. The first kappa shape index (κ1) is 22.4. The maximum atomic E-state index is 13.2. The van der Waals surface area contributed by atoms with Gasteiger partial charge in [-0.25, -0.2) is 15.0 Å². The molecule has 3 aromatic heterocycles. The van der Waals surface area contributed by atoms with Crippen molar-refractivity contribution in [2.45, 2.75) is 19.3 Å². The van der Waals surface area contributed by atoms with E-state index in [0.29, 0.717) is 36.1 Å². The molecule has 0 spiro atoms. The molecule has 1 aliphatic rings. The minimum absolute atomic E-state index is 0.0238. The van der Waals surface area contributed by atoms with Crippen molar-refractivity contribution in [3.05, 3.63) is 84.6 Å². The number of methoxy groups -OCH3 is 1. The Morgan fingerprint density at radius 2 is 1.69 bits per heavy atom. The molecule has 9 heteroatoms. The first-order valence-corrected chi connectivity index (χ1v) is 11.3. The van der Waals surface area contributed by atoms with E-state index in [4.69, 9.17) is 9.47 Å². The van der Waals surface area contributed by atoms with Crippen LogP contribution >= 0.6 is 0 Å². The first-order chi connectivity index (χ1) is 17.1. The van der Waals surface area contributed by atoms with E-state index in [1.807, 2.05) is 42.2 Å². The summed E-state index contributed by atoms with van der Waals surface area (Å²) in [4.78, 5) is 36.6. The summed E-state index contributed by atoms with van der Waals surface area (Å²) < 4.78 is 11.1. The molecular formula is C26H24N6O3. The van der Waals surface area contributed by atoms with Gasteiger partial charge < -0.3 is 14.4 Å². The minimum Gasteiger partial charge on any atom is -0.497 e. The van der Waals surface area contributed by atoms with Crippen molar-refractivity contribution in [2.75, 3.05) is 20.2 Å². The molecule has 1 unspecified atom stereocenters. The van der Waals surface area contributed by atoms with Gasteiger partial charge in [0.1, 0.15) is 23.7 Å². The highest BCUT2D eigenvalue weighted by Gasteiger charge is 2.30. The van der Waals surface area contributed by atoms with Crippen LogP contribution in [0.5, 0.6) is 17.4 Å². The van der Waals surface area contributed by atoms with Crippen molar-refractivity contribution in [1.82, 2.24) is 29.8 Å². The van der Waals surface area contributed by atoms with Gasteiger partial charge in [0.05, 0.1) is 12.7 Å². The lowest BCUT2D eigenvalue weighted by molar-refractivity contribution is 0.0790. The Morgan fingerprint density at radius 1 is 0.943 bits per heavy atom. The number of pyridine rings is 1. The summed E-state index contributed by atoms with van der Waals surface area (Å²) in [5.41, 5.74) is 2.95. The number of rotatable bonds is 6. The van der Waals surface area contributed by atoms with Crippen molar-refractivity contribution in [2.24, 2.45) is 0 Å². The fourth-order valence-corrected chi connectivity index (χ4v) is 4.06. The van der Waals surface area contributed by atoms with Gasteiger partial charge in [-0.1, -0.05) is 0 Å². The molecule has 176 valence electrons. The van der Waals surface area contributed by atoms with Gasteiger partial charge in [-0.15, -0.1) is 0 Å². The fraction of sp³-hybridized carbons (Fsp3) is 0.231. The minimum atomic E-state index is -0.0685. The topological polar surface area (TPSA) is 103 Å². The molecule has 0 aliphatic carbocycles. The summed E-state index contributed by atoms with van der Waals surface area (Å²) in [5.74, 6) is 2.53. The second-order valence-electron chi connectivity index (χ2n) is 8.31. The lowest BCUT2D eigenvalue weighted by Gasteiger charge is -2.17. The summed E-state index contributed by atoms with van der Waals surface area (Å²) in [6.07, 6.45) is 8.93. The van der Waals surface area contributed by atoms with Gasteiger partial charge in [0.2, 0.25) is 5.88 Å². The summed E-state index contributed by atoms with van der Waals surface area (Å²) in [5, 5.41) is 0. The predicted molar refractivity (Wildman–Crippen MR) is 128 cm³/mol. The smallest absolute Gasteiger partial charge is 0.255 e. The van der Waals surface area contributed by atoms with Crippen molar-refractivity contribution in [3.8, 4) is 28.5 Å². The molecule has 1 amide bonds. The SMILES string of the molecule is COc1ccc(Oc2cc(C)nc(C3CCN(C(=O)c4cncc(-c5cncnc5)c4)C3)n2)cc1. The molecule has 35 heavy (non-hydrogen) atoms. The van der Waals surface area contributed by atoms with Crippen LogP contribution in [0.15, 0.2) is 67.5 Å². The number of ether oxygens (including phenoxy) is 2. The Hall–Kier alpha value is -4.40. The molecule has 1 aliphatic heterocycles. The molecule has 0 N–H and O–H groups in total. The van der Waals surface area contributed by atoms with Crippen LogP contribution in [0.1, 0.15) is 34.2 Å². The average molecular weight is 469 g/mol. The van der Waals surface area contributed by atoms with Crippen LogP contribution in [0, 0.1) is 6.92 Å². The first-order valence-electron chi connectivity index (χ1n) is 11.3. The highest BCUT2D eigenvalue weighted by atomic mass is 16.5. The molecule has 1 fully saturated rings. The number of carbonyl (C=O) groups excluding carboxylic acids is 1. The van der Waals surface area contributed by atoms with E-state index in [1.165, 1.54) is 6.33 Å². The van der Waals surface area contributed by atoms with Crippen LogP contribution < -0.4 is 9.47 Å². The Kier molecular flexibility index (Phi) is 6.30. The Labute approximate surface area is 202 Å². The van der Waals surface area contributed by atoms with E-state index in [-0.39, 0.29) is 11.8 Å². The standard InChI is InChI=1S/C26H24N6O3/c1-17-9-24(35-23-5-3-22(34-2)4-6-23)31-25(30-17)18-7-8-32(15-18)26(33)20-10-19(11-27-12-20)21-13-28-16-29-14-21/h3-6,9-14,16,18H,7-8,15H2,1-2H3. The second kappa shape index (κ2) is 9.84.